The van der Waals surface area contributed by atoms with E-state index in [4.69, 9.17) is 9.47 Å². The first kappa shape index (κ1) is 18.8. The van der Waals surface area contributed by atoms with Crippen molar-refractivity contribution in [1.29, 1.82) is 0 Å². The lowest BCUT2D eigenvalue weighted by Crippen LogP contribution is -2.31. The molecule has 1 fully saturated rings. The number of carboxylic acid groups (broad SMARTS) is 1. The van der Waals surface area contributed by atoms with Gasteiger partial charge in [-0.05, 0) is 23.3 Å². The molecule has 2 atom stereocenters. The highest BCUT2D eigenvalue weighted by Crippen LogP contribution is 2.33. The first-order valence-corrected chi connectivity index (χ1v) is 8.80. The fourth-order valence-corrected chi connectivity index (χ4v) is 3.57. The molecule has 0 bridgehead atoms. The van der Waals surface area contributed by atoms with Crippen molar-refractivity contribution in [3.05, 3.63) is 59.7 Å². The molecule has 0 saturated carbocycles. The summed E-state index contributed by atoms with van der Waals surface area (Å²) in [5.41, 5.74) is 1.75. The summed E-state index contributed by atoms with van der Waals surface area (Å²) in [7, 11) is 3.11. The monoisotopic (exact) mass is 369 g/mol. The summed E-state index contributed by atoms with van der Waals surface area (Å²) in [5, 5.41) is 9.59. The van der Waals surface area contributed by atoms with Crippen LogP contribution >= 0.6 is 0 Å². The Labute approximate surface area is 158 Å². The Morgan fingerprint density at radius 2 is 1.74 bits per heavy atom. The molecular formula is C21H23NO5. The average molecular weight is 369 g/mol. The van der Waals surface area contributed by atoms with E-state index in [0.717, 1.165) is 11.1 Å². The summed E-state index contributed by atoms with van der Waals surface area (Å²) < 4.78 is 10.5. The number of carboxylic acids is 1. The zero-order valence-corrected chi connectivity index (χ0v) is 15.4. The van der Waals surface area contributed by atoms with Crippen LogP contribution in [0.2, 0.25) is 0 Å². The minimum atomic E-state index is -0.870. The Balaban J connectivity index is 1.75. The number of carbonyl (C=O) groups is 2. The van der Waals surface area contributed by atoms with Crippen molar-refractivity contribution in [1.82, 2.24) is 4.90 Å². The van der Waals surface area contributed by atoms with Crippen LogP contribution in [0.15, 0.2) is 48.5 Å². The third-order valence-electron chi connectivity index (χ3n) is 5.02. The van der Waals surface area contributed by atoms with E-state index < -0.39 is 11.9 Å². The topological polar surface area (TPSA) is 76.1 Å². The molecule has 1 amide bonds. The van der Waals surface area contributed by atoms with Gasteiger partial charge in [-0.25, -0.2) is 0 Å². The Morgan fingerprint density at radius 1 is 1.04 bits per heavy atom. The fourth-order valence-electron chi connectivity index (χ4n) is 3.57. The highest BCUT2D eigenvalue weighted by atomic mass is 16.5. The van der Waals surface area contributed by atoms with Crippen LogP contribution in [0.3, 0.4) is 0 Å². The molecule has 0 aromatic heterocycles. The lowest BCUT2D eigenvalue weighted by atomic mass is 9.89. The zero-order valence-electron chi connectivity index (χ0n) is 15.4. The van der Waals surface area contributed by atoms with Gasteiger partial charge >= 0.3 is 5.97 Å². The number of amides is 1. The maximum Gasteiger partial charge on any atom is 0.308 e. The van der Waals surface area contributed by atoms with Gasteiger partial charge < -0.3 is 19.5 Å². The maximum absolute atomic E-state index is 12.8. The van der Waals surface area contributed by atoms with Gasteiger partial charge in [0.15, 0.2) is 11.5 Å². The summed E-state index contributed by atoms with van der Waals surface area (Å²) in [6.07, 6.45) is 0.189. The van der Waals surface area contributed by atoms with Gasteiger partial charge in [0.05, 0.1) is 26.6 Å². The van der Waals surface area contributed by atoms with E-state index in [1.807, 2.05) is 36.4 Å². The molecule has 1 saturated heterocycles. The van der Waals surface area contributed by atoms with Crippen LogP contribution < -0.4 is 9.47 Å². The maximum atomic E-state index is 12.8. The Morgan fingerprint density at radius 3 is 2.37 bits per heavy atom. The number of hydrogen-bond donors (Lipinski definition) is 1. The standard InChI is InChI=1S/C21H23NO5/c1-26-18-9-8-14(10-19(18)27-2)11-20(23)22-12-16(17(13-22)21(24)25)15-6-4-3-5-7-15/h3-10,16-17H,11-13H2,1-2H3,(H,24,25)/t16-,17-/m0/s1. The van der Waals surface area contributed by atoms with E-state index in [0.29, 0.717) is 18.0 Å². The number of benzene rings is 2. The number of carbonyl (C=O) groups excluding carboxylic acids is 1. The third-order valence-corrected chi connectivity index (χ3v) is 5.02. The second-order valence-corrected chi connectivity index (χ2v) is 6.63. The van der Waals surface area contributed by atoms with E-state index in [1.54, 1.807) is 31.3 Å². The lowest BCUT2D eigenvalue weighted by Gasteiger charge is -2.17. The number of methoxy groups -OCH3 is 2. The van der Waals surface area contributed by atoms with Crippen molar-refractivity contribution in [2.24, 2.45) is 5.92 Å². The summed E-state index contributed by atoms with van der Waals surface area (Å²) in [5.74, 6) is -0.586. The minimum Gasteiger partial charge on any atom is -0.493 e. The van der Waals surface area contributed by atoms with E-state index in [9.17, 15) is 14.7 Å². The van der Waals surface area contributed by atoms with Gasteiger partial charge in [-0.2, -0.15) is 0 Å². The molecule has 1 aliphatic heterocycles. The number of nitrogens with zero attached hydrogens (tertiary/aromatic N) is 1. The predicted octanol–water partition coefficient (Wildman–Crippen LogP) is 2.57. The molecule has 6 heteroatoms. The van der Waals surface area contributed by atoms with Crippen molar-refractivity contribution in [3.63, 3.8) is 0 Å². The molecule has 142 valence electrons. The van der Waals surface area contributed by atoms with Crippen molar-refractivity contribution in [3.8, 4) is 11.5 Å². The molecule has 1 heterocycles. The van der Waals surface area contributed by atoms with Crippen LogP contribution in [-0.2, 0) is 16.0 Å². The largest absolute Gasteiger partial charge is 0.493 e. The smallest absolute Gasteiger partial charge is 0.308 e. The fraction of sp³-hybridized carbons (Fsp3) is 0.333. The van der Waals surface area contributed by atoms with Crippen LogP contribution in [0.5, 0.6) is 11.5 Å². The molecule has 3 rings (SSSR count). The molecule has 27 heavy (non-hydrogen) atoms. The Hall–Kier alpha value is -3.02. The predicted molar refractivity (Wildman–Crippen MR) is 100 cm³/mol. The van der Waals surface area contributed by atoms with Gasteiger partial charge in [0, 0.05) is 19.0 Å². The molecule has 1 aliphatic rings. The minimum absolute atomic E-state index is 0.0908. The van der Waals surface area contributed by atoms with Gasteiger partial charge in [-0.1, -0.05) is 36.4 Å². The molecule has 2 aromatic rings. The lowest BCUT2D eigenvalue weighted by molar-refractivity contribution is -0.141. The van der Waals surface area contributed by atoms with Crippen LogP contribution in [0, 0.1) is 5.92 Å². The quantitative estimate of drug-likeness (QED) is 0.847. The highest BCUT2D eigenvalue weighted by Gasteiger charge is 2.40. The van der Waals surface area contributed by atoms with Crippen LogP contribution in [-0.4, -0.2) is 49.2 Å². The van der Waals surface area contributed by atoms with Crippen LogP contribution in [0.1, 0.15) is 17.0 Å². The van der Waals surface area contributed by atoms with E-state index in [2.05, 4.69) is 0 Å². The molecule has 0 aliphatic carbocycles. The first-order chi connectivity index (χ1) is 13.0. The summed E-state index contributed by atoms with van der Waals surface area (Å²) >= 11 is 0. The molecule has 6 nitrogen and oxygen atoms in total. The average Bonchev–Trinajstić information content (AvgIpc) is 3.14. The number of ether oxygens (including phenoxy) is 2. The van der Waals surface area contributed by atoms with Crippen LogP contribution in [0.25, 0.3) is 0 Å². The molecular weight excluding hydrogens is 346 g/mol. The second kappa shape index (κ2) is 8.12. The molecule has 1 N–H and O–H groups in total. The first-order valence-electron chi connectivity index (χ1n) is 8.80. The van der Waals surface area contributed by atoms with Gasteiger partial charge in [0.25, 0.3) is 0 Å². The van der Waals surface area contributed by atoms with Crippen molar-refractivity contribution < 1.29 is 24.2 Å². The van der Waals surface area contributed by atoms with Crippen molar-refractivity contribution in [2.45, 2.75) is 12.3 Å². The number of aliphatic carboxylic acids is 1. The van der Waals surface area contributed by atoms with Crippen LogP contribution in [0.4, 0.5) is 0 Å². The van der Waals surface area contributed by atoms with Crippen molar-refractivity contribution in [2.75, 3.05) is 27.3 Å². The highest BCUT2D eigenvalue weighted by molar-refractivity contribution is 5.81. The van der Waals surface area contributed by atoms with E-state index >= 15 is 0 Å². The van der Waals surface area contributed by atoms with Gasteiger partial charge in [0.1, 0.15) is 0 Å². The van der Waals surface area contributed by atoms with Gasteiger partial charge in [0.2, 0.25) is 5.91 Å². The van der Waals surface area contributed by atoms with Gasteiger partial charge in [-0.3, -0.25) is 9.59 Å². The number of rotatable bonds is 6. The summed E-state index contributed by atoms with van der Waals surface area (Å²) in [6, 6.07) is 14.9. The second-order valence-electron chi connectivity index (χ2n) is 6.63. The van der Waals surface area contributed by atoms with E-state index in [-0.39, 0.29) is 24.8 Å². The normalized spacial score (nSPS) is 19.0. The van der Waals surface area contributed by atoms with Gasteiger partial charge in [-0.15, -0.1) is 0 Å². The zero-order chi connectivity index (χ0) is 19.4. The molecule has 0 unspecified atom stereocenters. The van der Waals surface area contributed by atoms with E-state index in [1.165, 1.54) is 0 Å². The molecule has 2 aromatic carbocycles. The Bertz CT molecular complexity index is 821. The number of likely N-dealkylation sites (tertiary alicyclic amines) is 1. The third kappa shape index (κ3) is 4.05. The Kier molecular flexibility index (Phi) is 5.64. The summed E-state index contributed by atoms with van der Waals surface area (Å²) in [6.45, 7) is 0.633. The SMILES string of the molecule is COc1ccc(CC(=O)N2C[C@H](C(=O)O)[C@H](c3ccccc3)C2)cc1OC. The molecule has 0 radical (unpaired) electrons. The van der Waals surface area contributed by atoms with Crippen molar-refractivity contribution >= 4 is 11.9 Å². The molecule has 0 spiro atoms. The summed E-state index contributed by atoms with van der Waals surface area (Å²) in [4.78, 5) is 26.1. The number of hydrogen-bond acceptors (Lipinski definition) is 4.